The number of hydrogen-bond donors (Lipinski definition) is 1. The molecule has 0 bridgehead atoms. The number of fused-ring (bicyclic) bond motifs is 1. The van der Waals surface area contributed by atoms with Gasteiger partial charge >= 0.3 is 0 Å². The molecule has 0 saturated heterocycles. The normalized spacial score (nSPS) is 12.0. The van der Waals surface area contributed by atoms with Gasteiger partial charge in [0.2, 0.25) is 5.91 Å². The minimum Gasteiger partial charge on any atom is -0.348 e. The Morgan fingerprint density at radius 3 is 2.64 bits per heavy atom. The minimum absolute atomic E-state index is 0.134. The molecule has 28 heavy (non-hydrogen) atoms. The molecule has 1 N–H and O–H groups in total. The molecule has 8 heteroatoms. The van der Waals surface area contributed by atoms with Crippen molar-refractivity contribution in [3.8, 4) is 5.69 Å². The van der Waals surface area contributed by atoms with Crippen LogP contribution in [0.15, 0.2) is 72.2 Å². The van der Waals surface area contributed by atoms with E-state index in [1.807, 2.05) is 43.3 Å². The van der Waals surface area contributed by atoms with Crippen LogP contribution in [0.4, 0.5) is 0 Å². The van der Waals surface area contributed by atoms with E-state index >= 15 is 0 Å². The lowest BCUT2D eigenvalue weighted by molar-refractivity contribution is -0.122. The van der Waals surface area contributed by atoms with Crippen molar-refractivity contribution < 1.29 is 4.79 Å². The van der Waals surface area contributed by atoms with Gasteiger partial charge in [-0.2, -0.15) is 10.2 Å². The molecule has 0 saturated carbocycles. The Labute approximate surface area is 160 Å². The summed E-state index contributed by atoms with van der Waals surface area (Å²) >= 11 is 0. The van der Waals surface area contributed by atoms with Crippen LogP contribution < -0.4 is 10.9 Å². The zero-order chi connectivity index (χ0) is 19.5. The Bertz CT molecular complexity index is 1170. The van der Waals surface area contributed by atoms with Crippen LogP contribution in [-0.4, -0.2) is 30.5 Å². The molecule has 0 aliphatic heterocycles. The lowest BCUT2D eigenvalue weighted by atomic mass is 10.1. The summed E-state index contributed by atoms with van der Waals surface area (Å²) in [5, 5.41) is 12.4. The van der Waals surface area contributed by atoms with E-state index in [0.717, 1.165) is 16.6 Å². The topological polar surface area (TPSA) is 94.7 Å². The van der Waals surface area contributed by atoms with Crippen molar-refractivity contribution in [3.05, 3.63) is 83.3 Å². The van der Waals surface area contributed by atoms with Crippen LogP contribution in [0.1, 0.15) is 18.5 Å². The summed E-state index contributed by atoms with van der Waals surface area (Å²) in [5.41, 5.74) is 1.54. The summed E-state index contributed by atoms with van der Waals surface area (Å²) in [4.78, 5) is 28.8. The first-order valence-electron chi connectivity index (χ1n) is 8.81. The molecule has 8 nitrogen and oxygen atoms in total. The molecule has 4 aromatic rings. The Hall–Kier alpha value is -3.81. The maximum atomic E-state index is 12.5. The Morgan fingerprint density at radius 2 is 1.89 bits per heavy atom. The highest BCUT2D eigenvalue weighted by Crippen LogP contribution is 2.15. The predicted molar refractivity (Wildman–Crippen MR) is 104 cm³/mol. The highest BCUT2D eigenvalue weighted by Gasteiger charge is 2.12. The second-order valence-electron chi connectivity index (χ2n) is 6.42. The van der Waals surface area contributed by atoms with Crippen molar-refractivity contribution in [2.75, 3.05) is 0 Å². The third kappa shape index (κ3) is 3.52. The van der Waals surface area contributed by atoms with E-state index in [9.17, 15) is 9.59 Å². The fraction of sp³-hybridized carbons (Fsp3) is 0.150. The van der Waals surface area contributed by atoms with E-state index in [2.05, 4.69) is 20.5 Å². The molecule has 2 aromatic heterocycles. The Balaban J connectivity index is 1.45. The van der Waals surface area contributed by atoms with Crippen LogP contribution >= 0.6 is 0 Å². The van der Waals surface area contributed by atoms with Crippen LogP contribution in [0.5, 0.6) is 0 Å². The molecule has 1 atom stereocenters. The van der Waals surface area contributed by atoms with Gasteiger partial charge in [0.15, 0.2) is 0 Å². The van der Waals surface area contributed by atoms with Gasteiger partial charge in [0.1, 0.15) is 19.2 Å². The van der Waals surface area contributed by atoms with Gasteiger partial charge in [-0.3, -0.25) is 9.59 Å². The van der Waals surface area contributed by atoms with E-state index in [1.165, 1.54) is 11.0 Å². The molecule has 2 aromatic carbocycles. The van der Waals surface area contributed by atoms with Crippen molar-refractivity contribution in [1.82, 2.24) is 29.9 Å². The smallest absolute Gasteiger partial charge is 0.275 e. The maximum absolute atomic E-state index is 12.5. The number of nitrogens with one attached hydrogen (secondary N) is 1. The van der Waals surface area contributed by atoms with E-state index < -0.39 is 0 Å². The average molecular weight is 374 g/mol. The van der Waals surface area contributed by atoms with Crippen LogP contribution in [0.25, 0.3) is 16.5 Å². The van der Waals surface area contributed by atoms with E-state index in [1.54, 1.807) is 29.3 Å². The van der Waals surface area contributed by atoms with Gasteiger partial charge in [-0.25, -0.2) is 14.3 Å². The quantitative estimate of drug-likeness (QED) is 0.575. The Kier molecular flexibility index (Phi) is 4.67. The first kappa shape index (κ1) is 17.6. The fourth-order valence-electron chi connectivity index (χ4n) is 3.00. The lowest BCUT2D eigenvalue weighted by Gasteiger charge is -2.15. The number of carbonyl (C=O) groups is 1. The minimum atomic E-state index is -0.280. The van der Waals surface area contributed by atoms with Crippen molar-refractivity contribution in [2.45, 2.75) is 19.5 Å². The zero-order valence-corrected chi connectivity index (χ0v) is 15.2. The molecule has 0 fully saturated rings. The van der Waals surface area contributed by atoms with Crippen LogP contribution in [0, 0.1) is 0 Å². The summed E-state index contributed by atoms with van der Waals surface area (Å²) in [6.07, 6.45) is 4.68. The molecule has 0 radical (unpaired) electrons. The molecule has 1 amide bonds. The first-order valence-corrected chi connectivity index (χ1v) is 8.81. The number of amides is 1. The summed E-state index contributed by atoms with van der Waals surface area (Å²) in [6, 6.07) is 14.6. The monoisotopic (exact) mass is 374 g/mol. The summed E-state index contributed by atoms with van der Waals surface area (Å²) in [6.45, 7) is 1.75. The van der Waals surface area contributed by atoms with Gasteiger partial charge in [0.05, 0.1) is 23.3 Å². The molecule has 0 aliphatic carbocycles. The standard InChI is InChI=1S/C20H18N6O2/c1-14(15-6-8-17(9-7-15)26-13-21-12-23-26)24-19(27)11-25-20(28)18-5-3-2-4-16(18)10-22-25/h2-10,12-14H,11H2,1H3,(H,24,27). The number of aromatic nitrogens is 5. The highest BCUT2D eigenvalue weighted by molar-refractivity contribution is 5.81. The van der Waals surface area contributed by atoms with E-state index in [-0.39, 0.29) is 24.1 Å². The number of rotatable bonds is 5. The van der Waals surface area contributed by atoms with Crippen molar-refractivity contribution in [2.24, 2.45) is 0 Å². The zero-order valence-electron chi connectivity index (χ0n) is 15.2. The van der Waals surface area contributed by atoms with Crippen molar-refractivity contribution >= 4 is 16.7 Å². The number of nitrogens with zero attached hydrogens (tertiary/aromatic N) is 5. The maximum Gasteiger partial charge on any atom is 0.275 e. The van der Waals surface area contributed by atoms with Gasteiger partial charge in [0, 0.05) is 5.39 Å². The second-order valence-corrected chi connectivity index (χ2v) is 6.42. The van der Waals surface area contributed by atoms with Gasteiger partial charge in [-0.15, -0.1) is 0 Å². The number of benzene rings is 2. The predicted octanol–water partition coefficient (Wildman–Crippen LogP) is 1.85. The van der Waals surface area contributed by atoms with Crippen LogP contribution in [0.3, 0.4) is 0 Å². The molecule has 4 rings (SSSR count). The average Bonchev–Trinajstić information content (AvgIpc) is 3.25. The van der Waals surface area contributed by atoms with E-state index in [0.29, 0.717) is 5.39 Å². The van der Waals surface area contributed by atoms with Gasteiger partial charge < -0.3 is 5.32 Å². The van der Waals surface area contributed by atoms with Crippen molar-refractivity contribution in [1.29, 1.82) is 0 Å². The molecule has 140 valence electrons. The lowest BCUT2D eigenvalue weighted by Crippen LogP contribution is -2.34. The Morgan fingerprint density at radius 1 is 1.11 bits per heavy atom. The fourth-order valence-corrected chi connectivity index (χ4v) is 3.00. The summed E-state index contributed by atoms with van der Waals surface area (Å²) < 4.78 is 2.84. The first-order chi connectivity index (χ1) is 13.6. The van der Waals surface area contributed by atoms with Crippen LogP contribution in [0.2, 0.25) is 0 Å². The summed E-state index contributed by atoms with van der Waals surface area (Å²) in [7, 11) is 0. The largest absolute Gasteiger partial charge is 0.348 e. The van der Waals surface area contributed by atoms with Crippen LogP contribution in [-0.2, 0) is 11.3 Å². The molecule has 0 spiro atoms. The SMILES string of the molecule is CC(NC(=O)Cn1ncc2ccccc2c1=O)c1ccc(-n2cncn2)cc1. The van der Waals surface area contributed by atoms with Gasteiger partial charge in [0.25, 0.3) is 5.56 Å². The third-order valence-electron chi connectivity index (χ3n) is 4.51. The summed E-state index contributed by atoms with van der Waals surface area (Å²) in [5.74, 6) is -0.280. The van der Waals surface area contributed by atoms with Crippen molar-refractivity contribution in [3.63, 3.8) is 0 Å². The van der Waals surface area contributed by atoms with Gasteiger partial charge in [-0.05, 0) is 30.7 Å². The molecule has 1 unspecified atom stereocenters. The second kappa shape index (κ2) is 7.43. The third-order valence-corrected chi connectivity index (χ3v) is 4.51. The molecular weight excluding hydrogens is 356 g/mol. The van der Waals surface area contributed by atoms with E-state index in [4.69, 9.17) is 0 Å². The molecule has 2 heterocycles. The number of carbonyl (C=O) groups excluding carboxylic acids is 1. The number of hydrogen-bond acceptors (Lipinski definition) is 5. The molecular formula is C20H18N6O2. The highest BCUT2D eigenvalue weighted by atomic mass is 16.2. The molecule has 0 aliphatic rings. The van der Waals surface area contributed by atoms with Gasteiger partial charge in [-0.1, -0.05) is 30.3 Å².